The Kier molecular flexibility index (Phi) is 2.52. The van der Waals surface area contributed by atoms with Gasteiger partial charge >= 0.3 is 5.97 Å². The number of carboxylic acid groups (broad SMARTS) is 1. The molecule has 1 aromatic carbocycles. The van der Waals surface area contributed by atoms with Crippen molar-refractivity contribution in [1.29, 1.82) is 0 Å². The number of benzene rings is 1. The minimum atomic E-state index is -1.03. The Bertz CT molecular complexity index is 763. The first-order valence-electron chi connectivity index (χ1n) is 5.61. The van der Waals surface area contributed by atoms with Crippen LogP contribution in [0.3, 0.4) is 0 Å². The molecule has 2 aromatic heterocycles. The third-order valence-electron chi connectivity index (χ3n) is 2.89. The number of aromatic carboxylic acids is 1. The molecule has 2 heterocycles. The van der Waals surface area contributed by atoms with Gasteiger partial charge in [-0.1, -0.05) is 0 Å². The summed E-state index contributed by atoms with van der Waals surface area (Å²) in [5.74, 6) is -1.34. The largest absolute Gasteiger partial charge is 0.478 e. The maximum atomic E-state index is 12.9. The van der Waals surface area contributed by atoms with Crippen molar-refractivity contribution in [3.8, 4) is 5.69 Å². The molecule has 0 radical (unpaired) electrons. The Labute approximate surface area is 107 Å². The molecule has 3 aromatic rings. The van der Waals surface area contributed by atoms with Crippen molar-refractivity contribution in [3.05, 3.63) is 60.2 Å². The molecule has 0 fully saturated rings. The third kappa shape index (κ3) is 1.95. The van der Waals surface area contributed by atoms with Crippen LogP contribution in [-0.4, -0.2) is 20.6 Å². The lowest BCUT2D eigenvalue weighted by atomic mass is 10.2. The average molecular weight is 256 g/mol. The van der Waals surface area contributed by atoms with E-state index in [9.17, 15) is 9.18 Å². The van der Waals surface area contributed by atoms with Crippen molar-refractivity contribution in [3.63, 3.8) is 0 Å². The normalized spacial score (nSPS) is 10.8. The van der Waals surface area contributed by atoms with Gasteiger partial charge in [0.05, 0.1) is 16.6 Å². The fourth-order valence-corrected chi connectivity index (χ4v) is 1.95. The van der Waals surface area contributed by atoms with Crippen molar-refractivity contribution < 1.29 is 14.3 Å². The molecule has 1 N–H and O–H groups in total. The van der Waals surface area contributed by atoms with E-state index in [1.54, 1.807) is 35.0 Å². The van der Waals surface area contributed by atoms with Crippen molar-refractivity contribution >= 4 is 17.0 Å². The highest BCUT2D eigenvalue weighted by atomic mass is 19.1. The number of nitrogens with zero attached hydrogens (tertiary/aromatic N) is 2. The van der Waals surface area contributed by atoms with Crippen LogP contribution in [-0.2, 0) is 0 Å². The minimum Gasteiger partial charge on any atom is -0.478 e. The van der Waals surface area contributed by atoms with Gasteiger partial charge in [0.15, 0.2) is 0 Å². The quantitative estimate of drug-likeness (QED) is 0.767. The van der Waals surface area contributed by atoms with Gasteiger partial charge < -0.3 is 9.67 Å². The van der Waals surface area contributed by atoms with Crippen LogP contribution in [0.1, 0.15) is 10.4 Å². The van der Waals surface area contributed by atoms with E-state index >= 15 is 0 Å². The summed E-state index contributed by atoms with van der Waals surface area (Å²) in [7, 11) is 0. The van der Waals surface area contributed by atoms with Crippen molar-refractivity contribution in [1.82, 2.24) is 9.55 Å². The van der Waals surface area contributed by atoms with Crippen molar-refractivity contribution in [2.24, 2.45) is 0 Å². The highest BCUT2D eigenvalue weighted by Crippen LogP contribution is 2.20. The second-order valence-electron chi connectivity index (χ2n) is 4.10. The molecule has 3 rings (SSSR count). The first-order valence-corrected chi connectivity index (χ1v) is 5.61. The number of hydrogen-bond acceptors (Lipinski definition) is 2. The summed E-state index contributed by atoms with van der Waals surface area (Å²) in [6.45, 7) is 0. The van der Waals surface area contributed by atoms with Crippen LogP contribution in [0.15, 0.2) is 48.8 Å². The van der Waals surface area contributed by atoms with E-state index in [-0.39, 0.29) is 11.4 Å². The zero-order chi connectivity index (χ0) is 13.4. The molecular weight excluding hydrogens is 247 g/mol. The summed E-state index contributed by atoms with van der Waals surface area (Å²) in [5, 5.41) is 8.98. The topological polar surface area (TPSA) is 55.1 Å². The molecule has 0 bridgehead atoms. The van der Waals surface area contributed by atoms with E-state index in [2.05, 4.69) is 4.98 Å². The standard InChI is InChI=1S/C14H9FN2O2/c15-10-1-3-11(4-2-10)17-6-5-12-13(17)7-9(8-16-12)14(18)19/h1-8H,(H,18,19). The molecule has 19 heavy (non-hydrogen) atoms. The molecular formula is C14H9FN2O2. The molecule has 4 nitrogen and oxygen atoms in total. The van der Waals surface area contributed by atoms with E-state index in [1.807, 2.05) is 0 Å². The number of pyridine rings is 1. The molecule has 0 aliphatic carbocycles. The second-order valence-corrected chi connectivity index (χ2v) is 4.10. The predicted molar refractivity (Wildman–Crippen MR) is 68.0 cm³/mol. The number of aromatic nitrogens is 2. The Morgan fingerprint density at radius 2 is 1.95 bits per heavy atom. The highest BCUT2D eigenvalue weighted by Gasteiger charge is 2.09. The molecule has 0 spiro atoms. The van der Waals surface area contributed by atoms with Gasteiger partial charge in [-0.05, 0) is 36.4 Å². The number of hydrogen-bond donors (Lipinski definition) is 1. The molecule has 0 amide bonds. The Morgan fingerprint density at radius 3 is 2.63 bits per heavy atom. The molecule has 0 unspecified atom stereocenters. The van der Waals surface area contributed by atoms with Gasteiger partial charge in [0, 0.05) is 18.1 Å². The summed E-state index contributed by atoms with van der Waals surface area (Å²) < 4.78 is 14.7. The number of carbonyl (C=O) groups is 1. The van der Waals surface area contributed by atoms with Crippen LogP contribution >= 0.6 is 0 Å². The molecule has 0 aliphatic heterocycles. The summed E-state index contributed by atoms with van der Waals surface area (Å²) in [6, 6.07) is 9.30. The number of halogens is 1. The number of fused-ring (bicyclic) bond motifs is 1. The van der Waals surface area contributed by atoms with Crippen LogP contribution in [0.2, 0.25) is 0 Å². The second kappa shape index (κ2) is 4.20. The average Bonchev–Trinajstić information content (AvgIpc) is 2.82. The van der Waals surface area contributed by atoms with E-state index in [0.29, 0.717) is 11.0 Å². The maximum absolute atomic E-state index is 12.9. The molecule has 94 valence electrons. The molecule has 0 aliphatic rings. The van der Waals surface area contributed by atoms with Gasteiger partial charge in [0.25, 0.3) is 0 Å². The van der Waals surface area contributed by atoms with E-state index in [4.69, 9.17) is 5.11 Å². The maximum Gasteiger partial charge on any atom is 0.337 e. The SMILES string of the molecule is O=C(O)c1cnc2ccn(-c3ccc(F)cc3)c2c1. The van der Waals surface area contributed by atoms with Crippen molar-refractivity contribution in [2.75, 3.05) is 0 Å². The van der Waals surface area contributed by atoms with Crippen LogP contribution in [0.4, 0.5) is 4.39 Å². The summed E-state index contributed by atoms with van der Waals surface area (Å²) >= 11 is 0. The molecule has 0 saturated carbocycles. The van der Waals surface area contributed by atoms with Gasteiger partial charge in [-0.25, -0.2) is 9.18 Å². The number of carboxylic acids is 1. The van der Waals surface area contributed by atoms with Crippen molar-refractivity contribution in [2.45, 2.75) is 0 Å². The van der Waals surface area contributed by atoms with Gasteiger partial charge in [0.1, 0.15) is 5.82 Å². The van der Waals surface area contributed by atoms with Crippen LogP contribution in [0.25, 0.3) is 16.7 Å². The molecule has 0 atom stereocenters. The zero-order valence-electron chi connectivity index (χ0n) is 9.75. The number of rotatable bonds is 2. The lowest BCUT2D eigenvalue weighted by Gasteiger charge is -2.05. The van der Waals surface area contributed by atoms with Gasteiger partial charge in [-0.15, -0.1) is 0 Å². The van der Waals surface area contributed by atoms with Crippen LogP contribution in [0.5, 0.6) is 0 Å². The Hall–Kier alpha value is -2.69. The molecule has 0 saturated heterocycles. The Morgan fingerprint density at radius 1 is 1.21 bits per heavy atom. The fourth-order valence-electron chi connectivity index (χ4n) is 1.95. The first-order chi connectivity index (χ1) is 9.15. The van der Waals surface area contributed by atoms with Crippen LogP contribution in [0, 0.1) is 5.82 Å². The van der Waals surface area contributed by atoms with Crippen LogP contribution < -0.4 is 0 Å². The van der Waals surface area contributed by atoms with E-state index < -0.39 is 5.97 Å². The smallest absolute Gasteiger partial charge is 0.337 e. The first kappa shape index (κ1) is 11.4. The Balaban J connectivity index is 2.21. The fraction of sp³-hybridized carbons (Fsp3) is 0. The van der Waals surface area contributed by atoms with Gasteiger partial charge in [-0.3, -0.25) is 4.98 Å². The van der Waals surface area contributed by atoms with Gasteiger partial charge in [-0.2, -0.15) is 0 Å². The monoisotopic (exact) mass is 256 g/mol. The zero-order valence-corrected chi connectivity index (χ0v) is 9.75. The minimum absolute atomic E-state index is 0.120. The highest BCUT2D eigenvalue weighted by molar-refractivity contribution is 5.92. The summed E-state index contributed by atoms with van der Waals surface area (Å²) in [5.41, 5.74) is 2.23. The predicted octanol–water partition coefficient (Wildman–Crippen LogP) is 2.86. The van der Waals surface area contributed by atoms with E-state index in [0.717, 1.165) is 5.69 Å². The summed E-state index contributed by atoms with van der Waals surface area (Å²) in [4.78, 5) is 15.1. The van der Waals surface area contributed by atoms with E-state index in [1.165, 1.54) is 18.3 Å². The third-order valence-corrected chi connectivity index (χ3v) is 2.89. The lowest BCUT2D eigenvalue weighted by Crippen LogP contribution is -1.99. The molecule has 5 heteroatoms. The lowest BCUT2D eigenvalue weighted by molar-refractivity contribution is 0.0696. The van der Waals surface area contributed by atoms with Gasteiger partial charge in [0.2, 0.25) is 0 Å². The summed E-state index contributed by atoms with van der Waals surface area (Å²) in [6.07, 6.45) is 3.09.